The quantitative estimate of drug-likeness (QED) is 0.558. The average molecular weight is 196 g/mol. The van der Waals surface area contributed by atoms with Gasteiger partial charge in [-0.15, -0.1) is 4.68 Å². The molecule has 0 amide bonds. The van der Waals surface area contributed by atoms with Crippen molar-refractivity contribution in [3.05, 3.63) is 22.4 Å². The summed E-state index contributed by atoms with van der Waals surface area (Å²) >= 11 is 0. The number of rotatable bonds is 2. The lowest BCUT2D eigenvalue weighted by Gasteiger charge is -2.19. The van der Waals surface area contributed by atoms with Gasteiger partial charge < -0.3 is 15.4 Å². The summed E-state index contributed by atoms with van der Waals surface area (Å²) in [4.78, 5) is 10.3. The molecule has 0 aliphatic carbocycles. The molecule has 1 aromatic heterocycles. The maximum atomic E-state index is 10.6. The zero-order chi connectivity index (χ0) is 9.97. The Bertz CT molecular complexity index is 330. The Morgan fingerprint density at radius 2 is 2.57 bits per heavy atom. The van der Waals surface area contributed by atoms with Gasteiger partial charge >= 0.3 is 5.82 Å². The van der Waals surface area contributed by atoms with Gasteiger partial charge in [-0.05, 0) is 24.3 Å². The second-order valence-corrected chi connectivity index (χ2v) is 3.39. The van der Waals surface area contributed by atoms with E-state index in [1.54, 1.807) is 0 Å². The van der Waals surface area contributed by atoms with Crippen molar-refractivity contribution >= 4 is 5.82 Å². The van der Waals surface area contributed by atoms with E-state index in [4.69, 9.17) is 0 Å². The van der Waals surface area contributed by atoms with Crippen LogP contribution in [0.15, 0.2) is 12.3 Å². The van der Waals surface area contributed by atoms with E-state index < -0.39 is 0 Å². The second-order valence-electron chi connectivity index (χ2n) is 3.39. The van der Waals surface area contributed by atoms with Crippen LogP contribution in [0.3, 0.4) is 0 Å². The van der Waals surface area contributed by atoms with Crippen LogP contribution in [-0.2, 0) is 0 Å². The van der Waals surface area contributed by atoms with Crippen molar-refractivity contribution in [2.24, 2.45) is 0 Å². The van der Waals surface area contributed by atoms with Crippen LogP contribution < -0.4 is 5.32 Å². The zero-order valence-corrected chi connectivity index (χ0v) is 7.72. The van der Waals surface area contributed by atoms with Crippen LogP contribution in [0.25, 0.3) is 0 Å². The summed E-state index contributed by atoms with van der Waals surface area (Å²) in [5, 5.41) is 17.9. The Morgan fingerprint density at radius 3 is 3.21 bits per heavy atom. The monoisotopic (exact) mass is 196 g/mol. The molecule has 0 spiro atoms. The molecule has 0 unspecified atom stereocenters. The lowest BCUT2D eigenvalue weighted by Crippen LogP contribution is -2.32. The molecule has 2 heterocycles. The van der Waals surface area contributed by atoms with Crippen LogP contribution in [0.5, 0.6) is 0 Å². The molecule has 1 fully saturated rings. The Hall–Kier alpha value is -1.43. The average Bonchev–Trinajstić information content (AvgIpc) is 2.67. The molecule has 1 atom stereocenters. The summed E-state index contributed by atoms with van der Waals surface area (Å²) in [6, 6.07) is 1.56. The molecule has 2 rings (SSSR count). The highest BCUT2D eigenvalue weighted by Gasteiger charge is 2.25. The van der Waals surface area contributed by atoms with Crippen molar-refractivity contribution in [3.8, 4) is 0 Å². The van der Waals surface area contributed by atoms with Crippen molar-refractivity contribution < 1.29 is 4.92 Å². The number of piperidine rings is 1. The lowest BCUT2D eigenvalue weighted by atomic mass is 10.1. The summed E-state index contributed by atoms with van der Waals surface area (Å²) in [6.07, 6.45) is 3.48. The van der Waals surface area contributed by atoms with Crippen molar-refractivity contribution in [1.29, 1.82) is 0 Å². The minimum Gasteiger partial charge on any atom is -0.358 e. The maximum Gasteiger partial charge on any atom is 0.345 e. The predicted molar refractivity (Wildman–Crippen MR) is 50.0 cm³/mol. The van der Waals surface area contributed by atoms with Gasteiger partial charge in [-0.25, -0.2) is 0 Å². The van der Waals surface area contributed by atoms with Gasteiger partial charge in [0, 0.05) is 6.54 Å². The smallest absolute Gasteiger partial charge is 0.345 e. The summed E-state index contributed by atoms with van der Waals surface area (Å²) in [7, 11) is 0. The standard InChI is InChI=1S/C8H12N4O2/c13-12(14)8-3-5-10-11(8)7-2-1-4-9-6-7/h3,5,7,9H,1-2,4,6H2/t7-/m0/s1. The lowest BCUT2D eigenvalue weighted by molar-refractivity contribution is -0.393. The topological polar surface area (TPSA) is 73.0 Å². The van der Waals surface area contributed by atoms with Gasteiger partial charge in [0.05, 0.1) is 12.3 Å². The summed E-state index contributed by atoms with van der Waals surface area (Å²) in [5.74, 6) is 0.0821. The van der Waals surface area contributed by atoms with E-state index in [2.05, 4.69) is 10.4 Å². The van der Waals surface area contributed by atoms with Crippen LogP contribution in [0.1, 0.15) is 18.9 Å². The third kappa shape index (κ3) is 1.60. The van der Waals surface area contributed by atoms with Crippen LogP contribution >= 0.6 is 0 Å². The van der Waals surface area contributed by atoms with Crippen LogP contribution in [-0.4, -0.2) is 27.8 Å². The van der Waals surface area contributed by atoms with Gasteiger partial charge in [-0.1, -0.05) is 5.10 Å². The minimum absolute atomic E-state index is 0.0821. The highest BCUT2D eigenvalue weighted by molar-refractivity contribution is 5.17. The van der Waals surface area contributed by atoms with Gasteiger partial charge in [0.15, 0.2) is 0 Å². The molecule has 6 heteroatoms. The summed E-state index contributed by atoms with van der Waals surface area (Å²) in [5.41, 5.74) is 0. The molecule has 14 heavy (non-hydrogen) atoms. The molecule has 1 N–H and O–H groups in total. The van der Waals surface area contributed by atoms with E-state index in [0.29, 0.717) is 0 Å². The van der Waals surface area contributed by atoms with Gasteiger partial charge in [-0.3, -0.25) is 0 Å². The first kappa shape index (κ1) is 9.14. The predicted octanol–water partition coefficient (Wildman–Crippen LogP) is 0.716. The first-order chi connectivity index (χ1) is 6.79. The highest BCUT2D eigenvalue weighted by Crippen LogP contribution is 2.21. The molecule has 76 valence electrons. The minimum atomic E-state index is -0.387. The Kier molecular flexibility index (Phi) is 2.45. The molecule has 1 aliphatic heterocycles. The molecule has 1 saturated heterocycles. The molecule has 1 aromatic rings. The molecule has 0 bridgehead atoms. The molecule has 0 radical (unpaired) electrons. The molecular formula is C8H12N4O2. The Labute approximate surface area is 81.1 Å². The number of nitrogens with one attached hydrogen (secondary N) is 1. The molecule has 0 saturated carbocycles. The second kappa shape index (κ2) is 3.75. The third-order valence-electron chi connectivity index (χ3n) is 2.45. The van der Waals surface area contributed by atoms with Crippen molar-refractivity contribution in [2.45, 2.75) is 18.9 Å². The van der Waals surface area contributed by atoms with Crippen LogP contribution in [0.2, 0.25) is 0 Å². The molecule has 0 aromatic carbocycles. The maximum absolute atomic E-state index is 10.6. The van der Waals surface area contributed by atoms with E-state index in [1.165, 1.54) is 16.9 Å². The largest absolute Gasteiger partial charge is 0.358 e. The summed E-state index contributed by atoms with van der Waals surface area (Å²) < 4.78 is 1.51. The fourth-order valence-corrected chi connectivity index (χ4v) is 1.78. The summed E-state index contributed by atoms with van der Waals surface area (Å²) in [6.45, 7) is 1.76. The van der Waals surface area contributed by atoms with E-state index in [0.717, 1.165) is 25.9 Å². The molecular weight excluding hydrogens is 184 g/mol. The number of nitrogens with zero attached hydrogens (tertiary/aromatic N) is 3. The van der Waals surface area contributed by atoms with Gasteiger partial charge in [0.25, 0.3) is 0 Å². The fraction of sp³-hybridized carbons (Fsp3) is 0.625. The van der Waals surface area contributed by atoms with E-state index in [9.17, 15) is 10.1 Å². The van der Waals surface area contributed by atoms with Crippen molar-refractivity contribution in [3.63, 3.8) is 0 Å². The van der Waals surface area contributed by atoms with E-state index >= 15 is 0 Å². The first-order valence-electron chi connectivity index (χ1n) is 4.67. The fourth-order valence-electron chi connectivity index (χ4n) is 1.78. The van der Waals surface area contributed by atoms with Crippen molar-refractivity contribution in [2.75, 3.05) is 13.1 Å². The first-order valence-corrected chi connectivity index (χ1v) is 4.67. The van der Waals surface area contributed by atoms with Gasteiger partial charge in [-0.2, -0.15) is 0 Å². The number of hydrogen-bond acceptors (Lipinski definition) is 4. The number of hydrogen-bond donors (Lipinski definition) is 1. The number of aromatic nitrogens is 2. The molecule has 1 aliphatic rings. The van der Waals surface area contributed by atoms with Crippen LogP contribution in [0.4, 0.5) is 5.82 Å². The zero-order valence-electron chi connectivity index (χ0n) is 7.72. The SMILES string of the molecule is O=[N+]([O-])c1ccnn1[C@H]1CCCNC1. The normalized spacial score (nSPS) is 22.1. The Morgan fingerprint density at radius 1 is 1.71 bits per heavy atom. The molecule has 6 nitrogen and oxygen atoms in total. The van der Waals surface area contributed by atoms with Gasteiger partial charge in [0.1, 0.15) is 6.04 Å². The third-order valence-corrected chi connectivity index (χ3v) is 2.45. The Balaban J connectivity index is 2.21. The van der Waals surface area contributed by atoms with Crippen LogP contribution in [0, 0.1) is 10.1 Å². The van der Waals surface area contributed by atoms with Gasteiger partial charge in [0.2, 0.25) is 0 Å². The van der Waals surface area contributed by atoms with E-state index in [1.807, 2.05) is 0 Å². The highest BCUT2D eigenvalue weighted by atomic mass is 16.6. The van der Waals surface area contributed by atoms with E-state index in [-0.39, 0.29) is 16.8 Å². The number of nitro groups is 1. The van der Waals surface area contributed by atoms with Crippen molar-refractivity contribution in [1.82, 2.24) is 15.1 Å².